The lowest BCUT2D eigenvalue weighted by atomic mass is 10.1. The van der Waals surface area contributed by atoms with Crippen LogP contribution in [0.5, 0.6) is 0 Å². The predicted octanol–water partition coefficient (Wildman–Crippen LogP) is 2.01. The van der Waals surface area contributed by atoms with Crippen LogP contribution in [0.1, 0.15) is 41.4 Å². The standard InChI is InChI=1S/C22H13N3O7/c26-19(23-14-4-1-12(2-5-14)22(29)30)13-3-10-17-18(11-13)21(28)24(20(17)27)15-6-8-16(9-7-15)25(31)32/h1-11H,(H,23,26)(H,29,30)/p-1. The first kappa shape index (κ1) is 20.4. The minimum absolute atomic E-state index is 0.0216. The number of nitro benzene ring substituents is 1. The number of hydrogen-bond acceptors (Lipinski definition) is 7. The molecule has 0 bridgehead atoms. The van der Waals surface area contributed by atoms with Gasteiger partial charge in [-0.1, -0.05) is 12.1 Å². The summed E-state index contributed by atoms with van der Waals surface area (Å²) in [6, 6.07) is 14.3. The average Bonchev–Trinajstić information content (AvgIpc) is 3.03. The lowest BCUT2D eigenvalue weighted by Gasteiger charge is -2.13. The quantitative estimate of drug-likeness (QED) is 0.369. The van der Waals surface area contributed by atoms with Crippen molar-refractivity contribution in [2.24, 2.45) is 0 Å². The van der Waals surface area contributed by atoms with Gasteiger partial charge in [-0.05, 0) is 48.0 Å². The summed E-state index contributed by atoms with van der Waals surface area (Å²) in [4.78, 5) is 60.0. The Balaban J connectivity index is 1.57. The summed E-state index contributed by atoms with van der Waals surface area (Å²) < 4.78 is 0. The summed E-state index contributed by atoms with van der Waals surface area (Å²) in [6.07, 6.45) is 0. The Morgan fingerprint density at radius 1 is 0.812 bits per heavy atom. The van der Waals surface area contributed by atoms with Gasteiger partial charge in [0.05, 0.1) is 27.7 Å². The second kappa shape index (κ2) is 7.76. The van der Waals surface area contributed by atoms with E-state index in [-0.39, 0.29) is 33.6 Å². The number of rotatable bonds is 5. The molecule has 0 unspecified atom stereocenters. The summed E-state index contributed by atoms with van der Waals surface area (Å²) >= 11 is 0. The normalized spacial score (nSPS) is 12.4. The Kier molecular flexibility index (Phi) is 4.95. The van der Waals surface area contributed by atoms with Crippen molar-refractivity contribution < 1.29 is 29.2 Å². The van der Waals surface area contributed by atoms with E-state index in [2.05, 4.69) is 5.32 Å². The van der Waals surface area contributed by atoms with Crippen LogP contribution < -0.4 is 15.3 Å². The number of imide groups is 1. The lowest BCUT2D eigenvalue weighted by Crippen LogP contribution is -2.29. The molecule has 0 aliphatic carbocycles. The molecular formula is C22H12N3O7-. The van der Waals surface area contributed by atoms with Crippen LogP contribution >= 0.6 is 0 Å². The monoisotopic (exact) mass is 430 g/mol. The van der Waals surface area contributed by atoms with Crippen LogP contribution in [0.3, 0.4) is 0 Å². The van der Waals surface area contributed by atoms with Gasteiger partial charge in [0.15, 0.2) is 0 Å². The third-order valence-corrected chi connectivity index (χ3v) is 4.85. The van der Waals surface area contributed by atoms with E-state index in [0.717, 1.165) is 4.90 Å². The van der Waals surface area contributed by atoms with Crippen molar-refractivity contribution in [2.45, 2.75) is 0 Å². The van der Waals surface area contributed by atoms with Crippen molar-refractivity contribution in [3.63, 3.8) is 0 Å². The molecule has 158 valence electrons. The minimum atomic E-state index is -1.35. The Bertz CT molecular complexity index is 1300. The van der Waals surface area contributed by atoms with Crippen molar-refractivity contribution in [1.82, 2.24) is 0 Å². The topological polar surface area (TPSA) is 150 Å². The molecule has 0 saturated carbocycles. The summed E-state index contributed by atoms with van der Waals surface area (Å²) in [6.45, 7) is 0. The predicted molar refractivity (Wildman–Crippen MR) is 109 cm³/mol. The van der Waals surface area contributed by atoms with Gasteiger partial charge in [0, 0.05) is 23.4 Å². The zero-order valence-corrected chi connectivity index (χ0v) is 16.1. The van der Waals surface area contributed by atoms with Crippen molar-refractivity contribution in [1.29, 1.82) is 0 Å². The first-order valence-electron chi connectivity index (χ1n) is 9.16. The van der Waals surface area contributed by atoms with Gasteiger partial charge in [-0.15, -0.1) is 0 Å². The van der Waals surface area contributed by atoms with Crippen molar-refractivity contribution >= 4 is 40.8 Å². The molecule has 3 aromatic rings. The Labute approximate surface area is 179 Å². The maximum absolute atomic E-state index is 12.8. The molecule has 1 aliphatic heterocycles. The van der Waals surface area contributed by atoms with Crippen molar-refractivity contribution in [2.75, 3.05) is 10.2 Å². The molecule has 1 N–H and O–H groups in total. The fraction of sp³-hybridized carbons (Fsp3) is 0. The highest BCUT2D eigenvalue weighted by Crippen LogP contribution is 2.30. The maximum Gasteiger partial charge on any atom is 0.269 e. The number of carboxylic acids is 1. The molecule has 3 amide bonds. The maximum atomic E-state index is 12.8. The average molecular weight is 430 g/mol. The van der Waals surface area contributed by atoms with E-state index in [1.165, 1.54) is 66.7 Å². The van der Waals surface area contributed by atoms with Crippen molar-refractivity contribution in [3.8, 4) is 0 Å². The number of anilines is 2. The third kappa shape index (κ3) is 3.56. The van der Waals surface area contributed by atoms with E-state index in [1.807, 2.05) is 0 Å². The highest BCUT2D eigenvalue weighted by molar-refractivity contribution is 6.34. The molecule has 0 saturated heterocycles. The highest BCUT2D eigenvalue weighted by Gasteiger charge is 2.37. The van der Waals surface area contributed by atoms with Gasteiger partial charge in [-0.2, -0.15) is 0 Å². The highest BCUT2D eigenvalue weighted by atomic mass is 16.6. The first-order valence-corrected chi connectivity index (χ1v) is 9.16. The van der Waals surface area contributed by atoms with E-state index >= 15 is 0 Å². The van der Waals surface area contributed by atoms with Gasteiger partial charge in [0.25, 0.3) is 23.4 Å². The fourth-order valence-electron chi connectivity index (χ4n) is 3.23. The summed E-state index contributed by atoms with van der Waals surface area (Å²) in [5.74, 6) is -3.18. The Morgan fingerprint density at radius 2 is 1.41 bits per heavy atom. The molecule has 0 aromatic heterocycles. The molecule has 1 heterocycles. The molecule has 3 aromatic carbocycles. The number of nitrogens with zero attached hydrogens (tertiary/aromatic N) is 2. The van der Waals surface area contributed by atoms with Crippen LogP contribution in [-0.2, 0) is 0 Å². The second-order valence-electron chi connectivity index (χ2n) is 6.80. The molecule has 0 atom stereocenters. The van der Waals surface area contributed by atoms with E-state index in [4.69, 9.17) is 0 Å². The van der Waals surface area contributed by atoms with Crippen LogP contribution in [0.15, 0.2) is 66.7 Å². The molecular weight excluding hydrogens is 418 g/mol. The van der Waals surface area contributed by atoms with Gasteiger partial charge in [-0.25, -0.2) is 4.90 Å². The second-order valence-corrected chi connectivity index (χ2v) is 6.80. The van der Waals surface area contributed by atoms with E-state index in [9.17, 15) is 34.4 Å². The Morgan fingerprint density at radius 3 is 2.00 bits per heavy atom. The molecule has 1 aliphatic rings. The van der Waals surface area contributed by atoms with E-state index in [0.29, 0.717) is 5.69 Å². The van der Waals surface area contributed by atoms with Gasteiger partial charge < -0.3 is 15.2 Å². The minimum Gasteiger partial charge on any atom is -0.545 e. The zero-order valence-electron chi connectivity index (χ0n) is 16.1. The molecule has 0 spiro atoms. The number of amides is 3. The zero-order chi connectivity index (χ0) is 23.0. The fourth-order valence-corrected chi connectivity index (χ4v) is 3.23. The van der Waals surface area contributed by atoms with E-state index < -0.39 is 28.6 Å². The first-order chi connectivity index (χ1) is 15.3. The molecule has 4 rings (SSSR count). The van der Waals surface area contributed by atoms with Gasteiger partial charge in [0.1, 0.15) is 0 Å². The summed E-state index contributed by atoms with van der Waals surface area (Å²) in [5, 5.41) is 24.2. The number of benzene rings is 3. The van der Waals surface area contributed by atoms with Crippen LogP contribution in [0.25, 0.3) is 0 Å². The number of aromatic carboxylic acids is 1. The van der Waals surface area contributed by atoms with Crippen LogP contribution in [0.2, 0.25) is 0 Å². The summed E-state index contributed by atoms with van der Waals surface area (Å²) in [7, 11) is 0. The third-order valence-electron chi connectivity index (χ3n) is 4.85. The van der Waals surface area contributed by atoms with Crippen LogP contribution in [-0.4, -0.2) is 28.6 Å². The van der Waals surface area contributed by atoms with Gasteiger partial charge in [-0.3, -0.25) is 24.5 Å². The van der Waals surface area contributed by atoms with Gasteiger partial charge in [0.2, 0.25) is 0 Å². The number of carboxylic acid groups (broad SMARTS) is 1. The van der Waals surface area contributed by atoms with Gasteiger partial charge >= 0.3 is 0 Å². The number of hydrogen-bond donors (Lipinski definition) is 1. The SMILES string of the molecule is O=C([O-])c1ccc(NC(=O)c2ccc3c(c2)C(=O)N(c2ccc([N+](=O)[O-])cc2)C3=O)cc1. The Hall–Kier alpha value is -4.86. The van der Waals surface area contributed by atoms with Crippen LogP contribution in [0.4, 0.5) is 17.1 Å². The number of fused-ring (bicyclic) bond motifs is 1. The van der Waals surface area contributed by atoms with E-state index in [1.54, 1.807) is 0 Å². The number of carbonyl (C=O) groups is 4. The molecule has 10 nitrogen and oxygen atoms in total. The summed E-state index contributed by atoms with van der Waals surface area (Å²) in [5.41, 5.74) is 0.500. The smallest absolute Gasteiger partial charge is 0.269 e. The molecule has 10 heteroatoms. The largest absolute Gasteiger partial charge is 0.545 e. The lowest BCUT2D eigenvalue weighted by molar-refractivity contribution is -0.384. The molecule has 0 radical (unpaired) electrons. The molecule has 0 fully saturated rings. The van der Waals surface area contributed by atoms with Crippen LogP contribution in [0, 0.1) is 10.1 Å². The number of carbonyl (C=O) groups excluding carboxylic acids is 4. The number of nitrogens with one attached hydrogen (secondary N) is 1. The number of non-ortho nitro benzene ring substituents is 1. The number of nitro groups is 1. The molecule has 32 heavy (non-hydrogen) atoms. The van der Waals surface area contributed by atoms with Crippen molar-refractivity contribution in [3.05, 3.63) is 99.1 Å².